The van der Waals surface area contributed by atoms with E-state index < -0.39 is 5.97 Å². The van der Waals surface area contributed by atoms with Gasteiger partial charge in [-0.1, -0.05) is 31.0 Å². The summed E-state index contributed by atoms with van der Waals surface area (Å²) >= 11 is 11.1. The Labute approximate surface area is 203 Å². The summed E-state index contributed by atoms with van der Waals surface area (Å²) in [5.74, 6) is 0.738. The van der Waals surface area contributed by atoms with Crippen molar-refractivity contribution in [1.29, 1.82) is 0 Å². The minimum Gasteiger partial charge on any atom is -0.494 e. The van der Waals surface area contributed by atoms with Crippen LogP contribution in [0.25, 0.3) is 0 Å². The lowest BCUT2D eigenvalue weighted by molar-refractivity contribution is 0.0734. The minimum absolute atomic E-state index is 0.334. The summed E-state index contributed by atoms with van der Waals surface area (Å²) in [7, 11) is 0. The van der Waals surface area contributed by atoms with Crippen LogP contribution in [0.5, 0.6) is 11.5 Å². The van der Waals surface area contributed by atoms with Gasteiger partial charge in [0.2, 0.25) is 0 Å². The first kappa shape index (κ1) is 24.2. The quantitative estimate of drug-likeness (QED) is 0.0966. The average Bonchev–Trinajstić information content (AvgIpc) is 2.81. The Kier molecular flexibility index (Phi) is 9.23. The first-order valence-corrected chi connectivity index (χ1v) is 11.2. The van der Waals surface area contributed by atoms with Crippen LogP contribution in [0.15, 0.2) is 77.9 Å². The molecule has 170 valence electrons. The van der Waals surface area contributed by atoms with E-state index in [4.69, 9.17) is 33.3 Å². The van der Waals surface area contributed by atoms with E-state index in [1.54, 1.807) is 66.9 Å². The van der Waals surface area contributed by atoms with Crippen LogP contribution < -0.4 is 20.2 Å². The van der Waals surface area contributed by atoms with Crippen molar-refractivity contribution < 1.29 is 14.3 Å². The Balaban J connectivity index is 1.47. The summed E-state index contributed by atoms with van der Waals surface area (Å²) in [4.78, 5) is 12.4. The number of benzene rings is 3. The molecule has 0 unspecified atom stereocenters. The molecule has 2 N–H and O–H groups in total. The lowest BCUT2D eigenvalue weighted by atomic mass is 10.2. The number of ether oxygens (including phenoxy) is 2. The highest BCUT2D eigenvalue weighted by atomic mass is 35.5. The normalized spacial score (nSPS) is 10.6. The molecule has 0 bridgehead atoms. The maximum atomic E-state index is 12.4. The van der Waals surface area contributed by atoms with Gasteiger partial charge < -0.3 is 14.8 Å². The summed E-state index contributed by atoms with van der Waals surface area (Å²) in [5, 5.41) is 8.04. The van der Waals surface area contributed by atoms with E-state index in [1.807, 2.05) is 12.1 Å². The molecule has 0 aliphatic heterocycles. The number of nitrogens with one attached hydrogen (secondary N) is 2. The summed E-state index contributed by atoms with van der Waals surface area (Å²) in [6.07, 6.45) is 3.67. The number of rotatable bonds is 9. The molecule has 3 aromatic carbocycles. The van der Waals surface area contributed by atoms with Crippen LogP contribution in [0.4, 0.5) is 5.69 Å². The van der Waals surface area contributed by atoms with E-state index in [0.29, 0.717) is 28.1 Å². The molecule has 0 amide bonds. The van der Waals surface area contributed by atoms with E-state index in [9.17, 15) is 4.79 Å². The van der Waals surface area contributed by atoms with Gasteiger partial charge in [0.15, 0.2) is 5.11 Å². The first-order chi connectivity index (χ1) is 16.0. The van der Waals surface area contributed by atoms with Crippen LogP contribution in [0.3, 0.4) is 0 Å². The molecule has 0 spiro atoms. The van der Waals surface area contributed by atoms with Crippen molar-refractivity contribution >= 4 is 46.8 Å². The maximum absolute atomic E-state index is 12.4. The number of anilines is 1. The fraction of sp³-hybridized carbons (Fsp3) is 0.160. The van der Waals surface area contributed by atoms with Crippen LogP contribution in [0, 0.1) is 0 Å². The van der Waals surface area contributed by atoms with Crippen LogP contribution in [-0.2, 0) is 0 Å². The van der Waals surface area contributed by atoms with Crippen molar-refractivity contribution in [2.75, 3.05) is 11.9 Å². The molecule has 0 heterocycles. The largest absolute Gasteiger partial charge is 0.494 e. The summed E-state index contributed by atoms with van der Waals surface area (Å²) in [5.41, 5.74) is 4.76. The predicted octanol–water partition coefficient (Wildman–Crippen LogP) is 6.06. The SMILES string of the molecule is CCCCOc1ccc(C(=O)Oc2ccc(/C=N/NC(=S)Nc3cccc(Cl)c3)cc2)cc1. The molecule has 3 aromatic rings. The van der Waals surface area contributed by atoms with Crippen molar-refractivity contribution in [1.82, 2.24) is 5.43 Å². The minimum atomic E-state index is -0.435. The van der Waals surface area contributed by atoms with Gasteiger partial charge in [-0.05, 0) is 90.9 Å². The Morgan fingerprint density at radius 1 is 1.06 bits per heavy atom. The van der Waals surface area contributed by atoms with E-state index >= 15 is 0 Å². The van der Waals surface area contributed by atoms with E-state index in [0.717, 1.165) is 29.8 Å². The molecule has 0 fully saturated rings. The van der Waals surface area contributed by atoms with Crippen molar-refractivity contribution in [2.24, 2.45) is 5.10 Å². The molecule has 33 heavy (non-hydrogen) atoms. The molecule has 0 saturated heterocycles. The summed E-state index contributed by atoms with van der Waals surface area (Å²) < 4.78 is 11.0. The molecule has 6 nitrogen and oxygen atoms in total. The molecule has 0 aliphatic rings. The third-order valence-electron chi connectivity index (χ3n) is 4.41. The molecular formula is C25H24ClN3O3S. The second-order valence-corrected chi connectivity index (χ2v) is 7.86. The lowest BCUT2D eigenvalue weighted by Crippen LogP contribution is -2.23. The molecular weight excluding hydrogens is 458 g/mol. The highest BCUT2D eigenvalue weighted by Crippen LogP contribution is 2.17. The van der Waals surface area contributed by atoms with Gasteiger partial charge in [0.1, 0.15) is 11.5 Å². The number of hydrogen-bond acceptors (Lipinski definition) is 5. The molecule has 3 rings (SSSR count). The number of thiocarbonyl (C=S) groups is 1. The number of hydrazone groups is 1. The number of carbonyl (C=O) groups is 1. The van der Waals surface area contributed by atoms with Crippen LogP contribution in [-0.4, -0.2) is 23.9 Å². The Hall–Kier alpha value is -3.42. The Morgan fingerprint density at radius 2 is 1.79 bits per heavy atom. The Bertz CT molecular complexity index is 1100. The van der Waals surface area contributed by atoms with Crippen molar-refractivity contribution in [3.63, 3.8) is 0 Å². The van der Waals surface area contributed by atoms with Crippen molar-refractivity contribution in [2.45, 2.75) is 19.8 Å². The van der Waals surface area contributed by atoms with Gasteiger partial charge in [0.05, 0.1) is 18.4 Å². The Morgan fingerprint density at radius 3 is 2.48 bits per heavy atom. The fourth-order valence-electron chi connectivity index (χ4n) is 2.70. The van der Waals surface area contributed by atoms with Gasteiger partial charge in [0, 0.05) is 10.7 Å². The van der Waals surface area contributed by atoms with Crippen LogP contribution in [0.2, 0.25) is 5.02 Å². The van der Waals surface area contributed by atoms with Gasteiger partial charge in [0.25, 0.3) is 0 Å². The fourth-order valence-corrected chi connectivity index (χ4v) is 3.06. The molecule has 0 aliphatic carbocycles. The molecule has 8 heteroatoms. The van der Waals surface area contributed by atoms with Crippen molar-refractivity contribution in [3.8, 4) is 11.5 Å². The topological polar surface area (TPSA) is 72.0 Å². The molecule has 0 saturated carbocycles. The van der Waals surface area contributed by atoms with Crippen molar-refractivity contribution in [3.05, 3.63) is 88.9 Å². The monoisotopic (exact) mass is 481 g/mol. The maximum Gasteiger partial charge on any atom is 0.343 e. The van der Waals surface area contributed by atoms with E-state index in [1.165, 1.54) is 0 Å². The number of unbranched alkanes of at least 4 members (excludes halogenated alkanes) is 1. The average molecular weight is 482 g/mol. The second-order valence-electron chi connectivity index (χ2n) is 7.02. The van der Waals surface area contributed by atoms with Gasteiger partial charge in [-0.25, -0.2) is 4.79 Å². The van der Waals surface area contributed by atoms with Crippen LogP contribution >= 0.6 is 23.8 Å². The van der Waals surface area contributed by atoms with Gasteiger partial charge in [-0.15, -0.1) is 0 Å². The summed E-state index contributed by atoms with van der Waals surface area (Å²) in [6, 6.07) is 21.1. The third-order valence-corrected chi connectivity index (χ3v) is 4.84. The molecule has 0 aromatic heterocycles. The second kappa shape index (κ2) is 12.6. The number of halogens is 1. The zero-order valence-corrected chi connectivity index (χ0v) is 19.7. The third kappa shape index (κ3) is 8.21. The lowest BCUT2D eigenvalue weighted by Gasteiger charge is -2.08. The summed E-state index contributed by atoms with van der Waals surface area (Å²) in [6.45, 7) is 2.77. The van der Waals surface area contributed by atoms with Crippen LogP contribution in [0.1, 0.15) is 35.7 Å². The van der Waals surface area contributed by atoms with E-state index in [2.05, 4.69) is 22.8 Å². The zero-order valence-electron chi connectivity index (χ0n) is 18.1. The number of esters is 1. The van der Waals surface area contributed by atoms with Gasteiger partial charge in [-0.2, -0.15) is 5.10 Å². The number of carbonyl (C=O) groups excluding carboxylic acids is 1. The van der Waals surface area contributed by atoms with Gasteiger partial charge >= 0.3 is 5.97 Å². The predicted molar refractivity (Wildman–Crippen MR) is 137 cm³/mol. The standard InChI is InChI=1S/C25H24ClN3O3S/c1-2-3-15-31-22-13-9-19(10-14-22)24(30)32-23-11-7-18(8-12-23)17-27-29-25(33)28-21-6-4-5-20(26)16-21/h4-14,16-17H,2-3,15H2,1H3,(H2,28,29,33)/b27-17+. The number of nitrogens with zero attached hydrogens (tertiary/aromatic N) is 1. The molecule has 0 atom stereocenters. The highest BCUT2D eigenvalue weighted by Gasteiger charge is 2.09. The zero-order chi connectivity index (χ0) is 23.5. The highest BCUT2D eigenvalue weighted by molar-refractivity contribution is 7.80. The van der Waals surface area contributed by atoms with Gasteiger partial charge in [-0.3, -0.25) is 5.43 Å². The van der Waals surface area contributed by atoms with E-state index in [-0.39, 0.29) is 0 Å². The first-order valence-electron chi connectivity index (χ1n) is 10.4. The number of hydrogen-bond donors (Lipinski definition) is 2. The molecule has 0 radical (unpaired) electrons. The smallest absolute Gasteiger partial charge is 0.343 e.